The summed E-state index contributed by atoms with van der Waals surface area (Å²) in [7, 11) is 0. The normalized spacial score (nSPS) is 11.8. The predicted molar refractivity (Wildman–Crippen MR) is 99.8 cm³/mol. The maximum absolute atomic E-state index is 13.6. The Balaban J connectivity index is 1.73. The van der Waals surface area contributed by atoms with Crippen LogP contribution in [0.1, 0.15) is 24.9 Å². The fraction of sp³-hybridized carbons (Fsp3) is 0.190. The highest BCUT2D eigenvalue weighted by molar-refractivity contribution is 5.91. The lowest BCUT2D eigenvalue weighted by atomic mass is 10.0. The van der Waals surface area contributed by atoms with E-state index in [0.29, 0.717) is 12.3 Å². The molecule has 0 unspecified atom stereocenters. The Kier molecular flexibility index (Phi) is 5.69. The maximum Gasteiger partial charge on any atom is 0.226 e. The summed E-state index contributed by atoms with van der Waals surface area (Å²) < 4.78 is 20.9. The van der Waals surface area contributed by atoms with Gasteiger partial charge in [-0.1, -0.05) is 12.1 Å². The number of halogens is 1. The maximum atomic E-state index is 13.6. The first-order valence-electron chi connectivity index (χ1n) is 8.56. The van der Waals surface area contributed by atoms with Gasteiger partial charge in [0.25, 0.3) is 0 Å². The molecule has 1 heterocycles. The van der Waals surface area contributed by atoms with Gasteiger partial charge in [0.1, 0.15) is 11.6 Å². The quantitative estimate of drug-likeness (QED) is 0.673. The molecule has 0 saturated carbocycles. The lowest BCUT2D eigenvalue weighted by Crippen LogP contribution is -2.19. The van der Waals surface area contributed by atoms with Gasteiger partial charge >= 0.3 is 0 Å². The van der Waals surface area contributed by atoms with E-state index in [2.05, 4.69) is 5.32 Å². The van der Waals surface area contributed by atoms with Gasteiger partial charge < -0.3 is 14.6 Å². The Labute approximate surface area is 152 Å². The van der Waals surface area contributed by atoms with Gasteiger partial charge in [-0.25, -0.2) is 4.39 Å². The van der Waals surface area contributed by atoms with E-state index >= 15 is 0 Å². The van der Waals surface area contributed by atoms with Crippen molar-refractivity contribution in [2.45, 2.75) is 19.4 Å². The van der Waals surface area contributed by atoms with Crippen LogP contribution in [-0.4, -0.2) is 17.1 Å². The molecule has 3 rings (SSSR count). The van der Waals surface area contributed by atoms with Crippen LogP contribution in [0.2, 0.25) is 0 Å². The molecule has 26 heavy (non-hydrogen) atoms. The van der Waals surface area contributed by atoms with Crippen molar-refractivity contribution >= 4 is 11.6 Å². The van der Waals surface area contributed by atoms with Crippen molar-refractivity contribution in [3.05, 3.63) is 84.4 Å². The summed E-state index contributed by atoms with van der Waals surface area (Å²) in [6.07, 6.45) is 3.95. The first kappa shape index (κ1) is 17.7. The number of carbonyl (C=O) groups is 1. The molecule has 0 spiro atoms. The third-order valence-electron chi connectivity index (χ3n) is 4.05. The Morgan fingerprint density at radius 1 is 1.12 bits per heavy atom. The van der Waals surface area contributed by atoms with Crippen molar-refractivity contribution in [3.8, 4) is 5.75 Å². The number of nitrogens with zero attached hydrogens (tertiary/aromatic N) is 1. The van der Waals surface area contributed by atoms with Crippen LogP contribution < -0.4 is 10.1 Å². The summed E-state index contributed by atoms with van der Waals surface area (Å²) in [6, 6.07) is 17.1. The van der Waals surface area contributed by atoms with Crippen molar-refractivity contribution < 1.29 is 13.9 Å². The van der Waals surface area contributed by atoms with Crippen LogP contribution in [0.15, 0.2) is 73.1 Å². The van der Waals surface area contributed by atoms with Crippen molar-refractivity contribution in [2.24, 2.45) is 0 Å². The lowest BCUT2D eigenvalue weighted by molar-refractivity contribution is -0.116. The van der Waals surface area contributed by atoms with E-state index in [1.807, 2.05) is 54.2 Å². The molecule has 1 N–H and O–H groups in total. The topological polar surface area (TPSA) is 43.3 Å². The van der Waals surface area contributed by atoms with Crippen LogP contribution in [-0.2, 0) is 4.79 Å². The van der Waals surface area contributed by atoms with Gasteiger partial charge in [0.2, 0.25) is 5.91 Å². The average Bonchev–Trinajstić information content (AvgIpc) is 3.16. The smallest absolute Gasteiger partial charge is 0.226 e. The SMILES string of the molecule is CCOc1ccc(NC(=O)C[C@@H](c2cccc(F)c2)n2cccc2)cc1. The minimum atomic E-state index is -0.313. The second-order valence-electron chi connectivity index (χ2n) is 5.91. The number of hydrogen-bond acceptors (Lipinski definition) is 2. The molecule has 134 valence electrons. The molecular weight excluding hydrogens is 331 g/mol. The van der Waals surface area contributed by atoms with Crippen LogP contribution in [0.3, 0.4) is 0 Å². The van der Waals surface area contributed by atoms with E-state index in [9.17, 15) is 9.18 Å². The van der Waals surface area contributed by atoms with Crippen molar-refractivity contribution in [1.82, 2.24) is 4.57 Å². The molecule has 3 aromatic rings. The van der Waals surface area contributed by atoms with Gasteiger partial charge in [-0.3, -0.25) is 4.79 Å². The van der Waals surface area contributed by atoms with Crippen LogP contribution in [0.4, 0.5) is 10.1 Å². The van der Waals surface area contributed by atoms with Crippen molar-refractivity contribution in [3.63, 3.8) is 0 Å². The second-order valence-corrected chi connectivity index (χ2v) is 5.91. The van der Waals surface area contributed by atoms with Gasteiger partial charge in [0, 0.05) is 18.1 Å². The third-order valence-corrected chi connectivity index (χ3v) is 4.05. The lowest BCUT2D eigenvalue weighted by Gasteiger charge is -2.19. The number of hydrogen-bond donors (Lipinski definition) is 1. The van der Waals surface area contributed by atoms with E-state index in [0.717, 1.165) is 11.3 Å². The summed E-state index contributed by atoms with van der Waals surface area (Å²) in [5, 5.41) is 2.89. The van der Waals surface area contributed by atoms with Crippen LogP contribution in [0.25, 0.3) is 0 Å². The molecule has 2 aromatic carbocycles. The standard InChI is InChI=1S/C21H21FN2O2/c1-2-26-19-10-8-18(9-11-19)23-21(25)15-20(24-12-3-4-13-24)16-6-5-7-17(22)14-16/h3-14,20H,2,15H2,1H3,(H,23,25)/t20-/m0/s1. The number of anilines is 1. The number of amides is 1. The number of aromatic nitrogens is 1. The fourth-order valence-corrected chi connectivity index (χ4v) is 2.85. The molecule has 0 bridgehead atoms. The Hall–Kier alpha value is -3.08. The Morgan fingerprint density at radius 3 is 2.50 bits per heavy atom. The largest absolute Gasteiger partial charge is 0.494 e. The molecule has 1 amide bonds. The van der Waals surface area contributed by atoms with Crippen molar-refractivity contribution in [2.75, 3.05) is 11.9 Å². The minimum Gasteiger partial charge on any atom is -0.494 e. The van der Waals surface area contributed by atoms with Gasteiger partial charge in [-0.05, 0) is 61.0 Å². The molecule has 0 aliphatic heterocycles. The van der Waals surface area contributed by atoms with Crippen LogP contribution >= 0.6 is 0 Å². The van der Waals surface area contributed by atoms with E-state index in [1.165, 1.54) is 12.1 Å². The van der Waals surface area contributed by atoms with E-state index in [-0.39, 0.29) is 24.2 Å². The molecule has 0 aliphatic rings. The summed E-state index contributed by atoms with van der Waals surface area (Å²) in [4.78, 5) is 12.5. The number of rotatable bonds is 7. The van der Waals surface area contributed by atoms with Gasteiger partial charge in [0.15, 0.2) is 0 Å². The number of carbonyl (C=O) groups excluding carboxylic acids is 1. The number of nitrogens with one attached hydrogen (secondary N) is 1. The first-order valence-corrected chi connectivity index (χ1v) is 8.56. The summed E-state index contributed by atoms with van der Waals surface area (Å²) in [5.41, 5.74) is 1.45. The molecule has 1 aromatic heterocycles. The third kappa shape index (κ3) is 4.51. The van der Waals surface area contributed by atoms with Crippen LogP contribution in [0.5, 0.6) is 5.75 Å². The second kappa shape index (κ2) is 8.34. The van der Waals surface area contributed by atoms with Gasteiger partial charge in [-0.15, -0.1) is 0 Å². The molecule has 0 saturated heterocycles. The van der Waals surface area contributed by atoms with Gasteiger partial charge in [-0.2, -0.15) is 0 Å². The van der Waals surface area contributed by atoms with E-state index in [1.54, 1.807) is 18.2 Å². The van der Waals surface area contributed by atoms with Gasteiger partial charge in [0.05, 0.1) is 19.1 Å². The Bertz CT molecular complexity index is 845. The van der Waals surface area contributed by atoms with E-state index in [4.69, 9.17) is 4.74 Å². The molecule has 1 atom stereocenters. The highest BCUT2D eigenvalue weighted by Crippen LogP contribution is 2.24. The Morgan fingerprint density at radius 2 is 1.85 bits per heavy atom. The number of ether oxygens (including phenoxy) is 1. The molecule has 0 radical (unpaired) electrons. The minimum absolute atomic E-state index is 0.142. The predicted octanol–water partition coefficient (Wildman–Crippen LogP) is 4.64. The van der Waals surface area contributed by atoms with Crippen LogP contribution in [0, 0.1) is 5.82 Å². The first-order chi connectivity index (χ1) is 12.7. The average molecular weight is 352 g/mol. The highest BCUT2D eigenvalue weighted by atomic mass is 19.1. The zero-order valence-electron chi connectivity index (χ0n) is 14.6. The molecule has 4 nitrogen and oxygen atoms in total. The number of benzene rings is 2. The molecule has 5 heteroatoms. The molecular formula is C21H21FN2O2. The van der Waals surface area contributed by atoms with Crippen molar-refractivity contribution in [1.29, 1.82) is 0 Å². The summed E-state index contributed by atoms with van der Waals surface area (Å²) >= 11 is 0. The van der Waals surface area contributed by atoms with E-state index < -0.39 is 0 Å². The summed E-state index contributed by atoms with van der Waals surface area (Å²) in [6.45, 7) is 2.52. The monoisotopic (exact) mass is 352 g/mol. The zero-order chi connectivity index (χ0) is 18.4. The highest BCUT2D eigenvalue weighted by Gasteiger charge is 2.18. The molecule has 0 fully saturated rings. The zero-order valence-corrected chi connectivity index (χ0v) is 14.6. The summed E-state index contributed by atoms with van der Waals surface area (Å²) in [5.74, 6) is 0.305. The fourth-order valence-electron chi connectivity index (χ4n) is 2.85. The molecule has 0 aliphatic carbocycles.